The summed E-state index contributed by atoms with van der Waals surface area (Å²) in [7, 11) is 1.58. The summed E-state index contributed by atoms with van der Waals surface area (Å²) >= 11 is 0. The van der Waals surface area contributed by atoms with Crippen LogP contribution >= 0.6 is 0 Å². The number of sulfonamides is 1. The van der Waals surface area contributed by atoms with Gasteiger partial charge in [-0.25, -0.2) is 13.4 Å². The number of aliphatic hydroxyl groups is 1. The summed E-state index contributed by atoms with van der Waals surface area (Å²) < 4.78 is 35.6. The van der Waals surface area contributed by atoms with Crippen molar-refractivity contribution in [1.29, 1.82) is 0 Å². The summed E-state index contributed by atoms with van der Waals surface area (Å²) in [6, 6.07) is 13.5. The molecule has 0 aliphatic carbocycles. The molecular formula is C24H28N4O4S. The molecule has 1 N–H and O–H groups in total. The molecule has 2 aliphatic rings. The molecule has 2 aromatic carbocycles. The summed E-state index contributed by atoms with van der Waals surface area (Å²) in [4.78, 5) is 6.21. The fourth-order valence-electron chi connectivity index (χ4n) is 5.29. The number of hydrogen-bond donors (Lipinski definition) is 1. The smallest absolute Gasteiger partial charge is 0.262 e. The largest absolute Gasteiger partial charge is 0.497 e. The van der Waals surface area contributed by atoms with Gasteiger partial charge in [-0.3, -0.25) is 0 Å². The van der Waals surface area contributed by atoms with Crippen molar-refractivity contribution in [3.05, 3.63) is 60.6 Å². The number of hydrogen-bond acceptors (Lipinski definition) is 6. The molecule has 9 heteroatoms. The fraction of sp³-hybridized carbons (Fsp3) is 0.375. The molecule has 3 atom stereocenters. The molecule has 3 heterocycles. The van der Waals surface area contributed by atoms with Gasteiger partial charge in [0.1, 0.15) is 5.75 Å². The molecule has 0 spiro atoms. The Hall–Kier alpha value is -2.88. The molecule has 0 saturated carbocycles. The predicted octanol–water partition coefficient (Wildman–Crippen LogP) is 2.66. The van der Waals surface area contributed by atoms with Crippen molar-refractivity contribution in [3.8, 4) is 16.9 Å². The highest BCUT2D eigenvalue weighted by Crippen LogP contribution is 2.50. The average Bonchev–Trinajstić information content (AvgIpc) is 3.47. The number of imidazole rings is 1. The minimum atomic E-state index is -3.78. The molecule has 0 bridgehead atoms. The number of likely N-dealkylation sites (N-methyl/N-ethyl adjacent to an activating group) is 1. The Morgan fingerprint density at radius 1 is 1.12 bits per heavy atom. The Balaban J connectivity index is 1.62. The van der Waals surface area contributed by atoms with Crippen LogP contribution in [0.25, 0.3) is 11.1 Å². The van der Waals surface area contributed by atoms with Gasteiger partial charge < -0.3 is 19.3 Å². The van der Waals surface area contributed by atoms with Crippen LogP contribution in [0.2, 0.25) is 0 Å². The average molecular weight is 469 g/mol. The molecule has 0 radical (unpaired) electrons. The second kappa shape index (κ2) is 8.16. The van der Waals surface area contributed by atoms with Gasteiger partial charge in [-0.2, -0.15) is 4.31 Å². The quantitative estimate of drug-likeness (QED) is 0.620. The molecule has 0 amide bonds. The Kier molecular flexibility index (Phi) is 5.43. The van der Waals surface area contributed by atoms with E-state index in [0.717, 1.165) is 28.1 Å². The Morgan fingerprint density at radius 2 is 1.85 bits per heavy atom. The Labute approximate surface area is 194 Å². The van der Waals surface area contributed by atoms with Crippen LogP contribution in [0.15, 0.2) is 60.0 Å². The number of aliphatic hydroxyl groups excluding tert-OH is 1. The molecule has 2 aliphatic heterocycles. The highest BCUT2D eigenvalue weighted by atomic mass is 32.2. The minimum Gasteiger partial charge on any atom is -0.497 e. The zero-order valence-electron chi connectivity index (χ0n) is 18.9. The SMILES string of the molecule is COc1ccc(-c2ccc3c(c2)[C@H]2[C@H](CCN2S(=O)(=O)c2cn(C)cn2)[C@@H](CO)N3C)cc1. The third-order valence-corrected chi connectivity index (χ3v) is 8.75. The van der Waals surface area contributed by atoms with Crippen LogP contribution in [0.4, 0.5) is 5.69 Å². The molecule has 3 aromatic rings. The zero-order chi connectivity index (χ0) is 23.3. The topological polar surface area (TPSA) is 87.9 Å². The van der Waals surface area contributed by atoms with E-state index in [-0.39, 0.29) is 29.6 Å². The van der Waals surface area contributed by atoms with E-state index >= 15 is 0 Å². The fourth-order valence-corrected chi connectivity index (χ4v) is 6.92. The number of aryl methyl sites for hydroxylation is 1. The van der Waals surface area contributed by atoms with Gasteiger partial charge in [0.05, 0.1) is 32.1 Å². The van der Waals surface area contributed by atoms with Crippen molar-refractivity contribution in [2.75, 3.05) is 32.2 Å². The standard InChI is InChI=1S/C24H28N4O4S/c1-26-13-23(25-15-26)33(30,31)28-11-10-19-22(14-29)27(2)21-9-6-17(12-20(21)24(19)28)16-4-7-18(32-3)8-5-16/h4-9,12-13,15,19,22,24,29H,10-11,14H2,1-3H3/t19-,22-,24-/m1/s1. The number of methoxy groups -OCH3 is 1. The van der Waals surface area contributed by atoms with Crippen molar-refractivity contribution in [2.24, 2.45) is 13.0 Å². The number of ether oxygens (including phenoxy) is 1. The molecule has 5 rings (SSSR count). The monoisotopic (exact) mass is 468 g/mol. The van der Waals surface area contributed by atoms with Crippen molar-refractivity contribution < 1.29 is 18.3 Å². The highest BCUT2D eigenvalue weighted by Gasteiger charge is 2.50. The Morgan fingerprint density at radius 3 is 2.48 bits per heavy atom. The summed E-state index contributed by atoms with van der Waals surface area (Å²) in [5.74, 6) is 0.767. The molecule has 33 heavy (non-hydrogen) atoms. The molecular weight excluding hydrogens is 440 g/mol. The lowest BCUT2D eigenvalue weighted by molar-refractivity contribution is 0.193. The maximum atomic E-state index is 13.6. The van der Waals surface area contributed by atoms with Gasteiger partial charge in [0.25, 0.3) is 10.0 Å². The molecule has 1 aromatic heterocycles. The van der Waals surface area contributed by atoms with Gasteiger partial charge in [-0.05, 0) is 47.4 Å². The van der Waals surface area contributed by atoms with Crippen molar-refractivity contribution in [1.82, 2.24) is 13.9 Å². The third-order valence-electron chi connectivity index (χ3n) is 6.98. The minimum absolute atomic E-state index is 0.0166. The van der Waals surface area contributed by atoms with E-state index < -0.39 is 10.0 Å². The number of fused-ring (bicyclic) bond motifs is 3. The van der Waals surface area contributed by atoms with E-state index in [9.17, 15) is 13.5 Å². The summed E-state index contributed by atoms with van der Waals surface area (Å²) in [6.45, 7) is 0.361. The second-order valence-electron chi connectivity index (χ2n) is 8.75. The van der Waals surface area contributed by atoms with Crippen molar-refractivity contribution in [2.45, 2.75) is 23.5 Å². The first-order valence-electron chi connectivity index (χ1n) is 11.0. The summed E-state index contributed by atoms with van der Waals surface area (Å²) in [5, 5.41) is 10.2. The molecule has 8 nitrogen and oxygen atoms in total. The first kappa shape index (κ1) is 21.9. The lowest BCUT2D eigenvalue weighted by Gasteiger charge is -2.44. The lowest BCUT2D eigenvalue weighted by atomic mass is 9.81. The number of anilines is 1. The van der Waals surface area contributed by atoms with Crippen LogP contribution in [-0.4, -0.2) is 60.7 Å². The Bertz CT molecular complexity index is 1270. The van der Waals surface area contributed by atoms with Gasteiger partial charge in [-0.1, -0.05) is 18.2 Å². The molecule has 1 fully saturated rings. The first-order chi connectivity index (χ1) is 15.8. The number of aromatic nitrogens is 2. The van der Waals surface area contributed by atoms with Crippen LogP contribution < -0.4 is 9.64 Å². The summed E-state index contributed by atoms with van der Waals surface area (Å²) in [5.41, 5.74) is 3.93. The maximum absolute atomic E-state index is 13.6. The normalized spacial score (nSPS) is 22.8. The molecule has 0 unspecified atom stereocenters. The first-order valence-corrected chi connectivity index (χ1v) is 12.4. The van der Waals surface area contributed by atoms with Crippen LogP contribution in [0.5, 0.6) is 5.75 Å². The third kappa shape index (κ3) is 3.51. The molecule has 1 saturated heterocycles. The van der Waals surface area contributed by atoms with Crippen LogP contribution in [0.1, 0.15) is 18.0 Å². The van der Waals surface area contributed by atoms with Crippen molar-refractivity contribution in [3.63, 3.8) is 0 Å². The second-order valence-corrected chi connectivity index (χ2v) is 10.6. The van der Waals surface area contributed by atoms with E-state index in [2.05, 4.69) is 16.0 Å². The van der Waals surface area contributed by atoms with Gasteiger partial charge in [0.15, 0.2) is 5.03 Å². The van der Waals surface area contributed by atoms with E-state index in [1.54, 1.807) is 23.0 Å². The van der Waals surface area contributed by atoms with Crippen LogP contribution in [0, 0.1) is 5.92 Å². The van der Waals surface area contributed by atoms with E-state index in [1.165, 1.54) is 12.5 Å². The van der Waals surface area contributed by atoms with E-state index in [0.29, 0.717) is 13.0 Å². The zero-order valence-corrected chi connectivity index (χ0v) is 19.7. The maximum Gasteiger partial charge on any atom is 0.262 e. The van der Waals surface area contributed by atoms with Gasteiger partial charge in [0.2, 0.25) is 0 Å². The van der Waals surface area contributed by atoms with Gasteiger partial charge >= 0.3 is 0 Å². The predicted molar refractivity (Wildman–Crippen MR) is 126 cm³/mol. The van der Waals surface area contributed by atoms with Crippen LogP contribution in [0.3, 0.4) is 0 Å². The molecule has 174 valence electrons. The highest BCUT2D eigenvalue weighted by molar-refractivity contribution is 7.89. The van der Waals surface area contributed by atoms with Gasteiger partial charge in [-0.15, -0.1) is 0 Å². The van der Waals surface area contributed by atoms with E-state index in [1.807, 2.05) is 43.4 Å². The number of benzene rings is 2. The summed E-state index contributed by atoms with van der Waals surface area (Å²) in [6.07, 6.45) is 3.72. The number of nitrogens with zero attached hydrogens (tertiary/aromatic N) is 4. The van der Waals surface area contributed by atoms with Crippen LogP contribution in [-0.2, 0) is 17.1 Å². The lowest BCUT2D eigenvalue weighted by Crippen LogP contribution is -2.48. The number of rotatable bonds is 5. The van der Waals surface area contributed by atoms with Crippen molar-refractivity contribution >= 4 is 15.7 Å². The van der Waals surface area contributed by atoms with E-state index in [4.69, 9.17) is 4.74 Å². The van der Waals surface area contributed by atoms with Gasteiger partial charge in [0, 0.05) is 38.4 Å².